The van der Waals surface area contributed by atoms with E-state index in [2.05, 4.69) is 38.1 Å². The fourth-order valence-corrected chi connectivity index (χ4v) is 2.81. The van der Waals surface area contributed by atoms with Gasteiger partial charge in [0, 0.05) is 29.3 Å². The van der Waals surface area contributed by atoms with Gasteiger partial charge in [0.25, 0.3) is 5.91 Å². The van der Waals surface area contributed by atoms with E-state index in [1.807, 2.05) is 11.0 Å². The van der Waals surface area contributed by atoms with E-state index in [-0.39, 0.29) is 11.3 Å². The number of pyridine rings is 1. The number of hydrogen-bond acceptors (Lipinski definition) is 4. The second kappa shape index (κ2) is 6.02. The van der Waals surface area contributed by atoms with Crippen LogP contribution >= 0.6 is 0 Å². The third-order valence-electron chi connectivity index (χ3n) is 4.10. The standard InChI is InChI=1S/C16H26N4O/c1-5-12-7-6-8-20(12)15(21)11-9-13(16(2,3)4)18-14(10-11)19-17/h9-10,12H,5-8,17H2,1-4H3,(H,18,19). The molecule has 0 radical (unpaired) electrons. The molecule has 1 unspecified atom stereocenters. The Morgan fingerprint density at radius 2 is 2.19 bits per heavy atom. The molecule has 5 heteroatoms. The largest absolute Gasteiger partial charge is 0.336 e. The van der Waals surface area contributed by atoms with Crippen molar-refractivity contribution >= 4 is 11.7 Å². The second-order valence-electron chi connectivity index (χ2n) is 6.72. The number of hydrogen-bond donors (Lipinski definition) is 2. The Morgan fingerprint density at radius 3 is 2.76 bits per heavy atom. The van der Waals surface area contributed by atoms with Crippen molar-refractivity contribution in [2.45, 2.75) is 58.4 Å². The zero-order valence-electron chi connectivity index (χ0n) is 13.4. The molecule has 21 heavy (non-hydrogen) atoms. The van der Waals surface area contributed by atoms with Crippen LogP contribution in [0.25, 0.3) is 0 Å². The number of nitrogens with zero attached hydrogens (tertiary/aromatic N) is 2. The van der Waals surface area contributed by atoms with Gasteiger partial charge in [-0.1, -0.05) is 27.7 Å². The van der Waals surface area contributed by atoms with Gasteiger partial charge in [-0.05, 0) is 31.4 Å². The van der Waals surface area contributed by atoms with Crippen LogP contribution in [0.3, 0.4) is 0 Å². The number of nitrogens with two attached hydrogens (primary N) is 1. The van der Waals surface area contributed by atoms with Gasteiger partial charge in [0.2, 0.25) is 0 Å². The highest BCUT2D eigenvalue weighted by molar-refractivity contribution is 5.95. The van der Waals surface area contributed by atoms with Crippen LogP contribution < -0.4 is 11.3 Å². The fraction of sp³-hybridized carbons (Fsp3) is 0.625. The maximum atomic E-state index is 12.8. The highest BCUT2D eigenvalue weighted by atomic mass is 16.2. The quantitative estimate of drug-likeness (QED) is 0.663. The Hall–Kier alpha value is -1.62. The number of aromatic nitrogens is 1. The van der Waals surface area contributed by atoms with Crippen LogP contribution in [0.15, 0.2) is 12.1 Å². The molecule has 1 aromatic heterocycles. The summed E-state index contributed by atoms with van der Waals surface area (Å²) in [6, 6.07) is 4.00. The Kier molecular flexibility index (Phi) is 4.52. The van der Waals surface area contributed by atoms with E-state index in [0.29, 0.717) is 17.4 Å². The number of nitrogen functional groups attached to an aromatic ring is 1. The Morgan fingerprint density at radius 1 is 1.48 bits per heavy atom. The van der Waals surface area contributed by atoms with Gasteiger partial charge in [-0.2, -0.15) is 0 Å². The van der Waals surface area contributed by atoms with Crippen LogP contribution in [0, 0.1) is 0 Å². The molecule has 2 heterocycles. The van der Waals surface area contributed by atoms with Crippen molar-refractivity contribution in [1.29, 1.82) is 0 Å². The molecule has 1 atom stereocenters. The van der Waals surface area contributed by atoms with Gasteiger partial charge in [0.1, 0.15) is 5.82 Å². The molecule has 2 rings (SSSR count). The number of nitrogens with one attached hydrogen (secondary N) is 1. The molecule has 3 N–H and O–H groups in total. The van der Waals surface area contributed by atoms with Crippen molar-refractivity contribution in [2.24, 2.45) is 5.84 Å². The van der Waals surface area contributed by atoms with Gasteiger partial charge < -0.3 is 10.3 Å². The van der Waals surface area contributed by atoms with Crippen molar-refractivity contribution in [1.82, 2.24) is 9.88 Å². The maximum Gasteiger partial charge on any atom is 0.254 e. The minimum absolute atomic E-state index is 0.0868. The molecule has 0 spiro atoms. The Balaban J connectivity index is 2.36. The summed E-state index contributed by atoms with van der Waals surface area (Å²) in [5.74, 6) is 6.13. The highest BCUT2D eigenvalue weighted by Gasteiger charge is 2.29. The highest BCUT2D eigenvalue weighted by Crippen LogP contribution is 2.26. The first kappa shape index (κ1) is 15.8. The molecule has 1 aliphatic heterocycles. The predicted octanol–water partition coefficient (Wildman–Crippen LogP) is 2.68. The lowest BCUT2D eigenvalue weighted by Gasteiger charge is -2.25. The zero-order chi connectivity index (χ0) is 15.6. The first-order valence-corrected chi connectivity index (χ1v) is 7.67. The van der Waals surface area contributed by atoms with Crippen molar-refractivity contribution in [3.05, 3.63) is 23.4 Å². The molecule has 0 saturated carbocycles. The third kappa shape index (κ3) is 3.35. The van der Waals surface area contributed by atoms with Crippen LogP contribution in [-0.2, 0) is 5.41 Å². The van der Waals surface area contributed by atoms with Crippen molar-refractivity contribution in [3.8, 4) is 0 Å². The van der Waals surface area contributed by atoms with Gasteiger partial charge in [-0.3, -0.25) is 4.79 Å². The van der Waals surface area contributed by atoms with Gasteiger partial charge >= 0.3 is 0 Å². The van der Waals surface area contributed by atoms with Crippen LogP contribution in [0.2, 0.25) is 0 Å². The van der Waals surface area contributed by atoms with E-state index in [9.17, 15) is 4.79 Å². The van der Waals surface area contributed by atoms with E-state index < -0.39 is 0 Å². The van der Waals surface area contributed by atoms with E-state index in [1.165, 1.54) is 0 Å². The molecule has 0 aromatic carbocycles. The number of anilines is 1. The fourth-order valence-electron chi connectivity index (χ4n) is 2.81. The number of hydrazine groups is 1. The summed E-state index contributed by atoms with van der Waals surface area (Å²) >= 11 is 0. The second-order valence-corrected chi connectivity index (χ2v) is 6.72. The maximum absolute atomic E-state index is 12.8. The first-order valence-electron chi connectivity index (χ1n) is 7.67. The van der Waals surface area contributed by atoms with Crippen LogP contribution in [0.4, 0.5) is 5.82 Å². The molecular weight excluding hydrogens is 264 g/mol. The molecule has 1 fully saturated rings. The first-order chi connectivity index (χ1) is 9.86. The minimum Gasteiger partial charge on any atom is -0.336 e. The number of carbonyl (C=O) groups excluding carboxylic acids is 1. The monoisotopic (exact) mass is 290 g/mol. The van der Waals surface area contributed by atoms with Crippen molar-refractivity contribution in [2.75, 3.05) is 12.0 Å². The number of carbonyl (C=O) groups is 1. The summed E-state index contributed by atoms with van der Waals surface area (Å²) < 4.78 is 0. The Bertz CT molecular complexity index is 521. The summed E-state index contributed by atoms with van der Waals surface area (Å²) in [6.07, 6.45) is 3.19. The summed E-state index contributed by atoms with van der Waals surface area (Å²) in [4.78, 5) is 19.2. The molecule has 0 aliphatic carbocycles. The average Bonchev–Trinajstić information content (AvgIpc) is 2.93. The van der Waals surface area contributed by atoms with Gasteiger partial charge in [-0.15, -0.1) is 0 Å². The summed E-state index contributed by atoms with van der Waals surface area (Å²) in [5, 5.41) is 0. The van der Waals surface area contributed by atoms with E-state index in [1.54, 1.807) is 6.07 Å². The molecule has 1 aromatic rings. The lowest BCUT2D eigenvalue weighted by molar-refractivity contribution is 0.0733. The molecule has 0 bridgehead atoms. The van der Waals surface area contributed by atoms with E-state index in [0.717, 1.165) is 31.5 Å². The van der Waals surface area contributed by atoms with Gasteiger partial charge in [-0.25, -0.2) is 10.8 Å². The molecule has 116 valence electrons. The summed E-state index contributed by atoms with van der Waals surface area (Å²) in [7, 11) is 0. The average molecular weight is 290 g/mol. The summed E-state index contributed by atoms with van der Waals surface area (Å²) in [5.41, 5.74) is 3.98. The van der Waals surface area contributed by atoms with E-state index in [4.69, 9.17) is 5.84 Å². The molecular formula is C16H26N4O. The number of likely N-dealkylation sites (tertiary alicyclic amines) is 1. The lowest BCUT2D eigenvalue weighted by Crippen LogP contribution is -2.35. The summed E-state index contributed by atoms with van der Waals surface area (Å²) in [6.45, 7) is 9.21. The smallest absolute Gasteiger partial charge is 0.254 e. The predicted molar refractivity (Wildman–Crippen MR) is 85.1 cm³/mol. The number of amides is 1. The SMILES string of the molecule is CCC1CCCN1C(=O)c1cc(NN)nc(C(C)(C)C)c1. The number of rotatable bonds is 3. The van der Waals surface area contributed by atoms with Crippen molar-refractivity contribution < 1.29 is 4.79 Å². The topological polar surface area (TPSA) is 71.2 Å². The van der Waals surface area contributed by atoms with Crippen LogP contribution in [-0.4, -0.2) is 28.4 Å². The Labute approximate surface area is 126 Å². The van der Waals surface area contributed by atoms with Crippen LogP contribution in [0.1, 0.15) is 63.0 Å². The third-order valence-corrected chi connectivity index (χ3v) is 4.10. The minimum atomic E-state index is -0.128. The van der Waals surface area contributed by atoms with Crippen molar-refractivity contribution in [3.63, 3.8) is 0 Å². The molecule has 5 nitrogen and oxygen atoms in total. The van der Waals surface area contributed by atoms with Crippen LogP contribution in [0.5, 0.6) is 0 Å². The van der Waals surface area contributed by atoms with Gasteiger partial charge in [0.15, 0.2) is 0 Å². The van der Waals surface area contributed by atoms with E-state index >= 15 is 0 Å². The zero-order valence-corrected chi connectivity index (χ0v) is 13.4. The molecule has 1 saturated heterocycles. The molecule has 1 aliphatic rings. The lowest BCUT2D eigenvalue weighted by atomic mass is 9.90. The van der Waals surface area contributed by atoms with Gasteiger partial charge in [0.05, 0.1) is 0 Å². The molecule has 1 amide bonds. The normalized spacial score (nSPS) is 18.9.